The number of piperazine rings is 1. The Kier molecular flexibility index (Phi) is 7.57. The van der Waals surface area contributed by atoms with E-state index in [-0.39, 0.29) is 65.0 Å². The average Bonchev–Trinajstić information content (AvgIpc) is 3.10. The SMILES string of the molecule is C=CC(=O)N1[C@H](C)CN(c2nc(=O)n3c4c(c(-c5ncc(F)cc5F)c(C(F)(F)F)cc24)SC[C@@H](OC)C3)C[C@@H]1C. The van der Waals surface area contributed by atoms with Crippen LogP contribution in [0.4, 0.5) is 27.8 Å². The summed E-state index contributed by atoms with van der Waals surface area (Å²) in [6, 6.07) is 0.576. The lowest BCUT2D eigenvalue weighted by atomic mass is 9.98. The van der Waals surface area contributed by atoms with E-state index in [9.17, 15) is 27.2 Å². The van der Waals surface area contributed by atoms with Crippen molar-refractivity contribution in [2.75, 3.05) is 30.9 Å². The number of benzene rings is 1. The van der Waals surface area contributed by atoms with Crippen LogP contribution in [-0.2, 0) is 22.3 Å². The summed E-state index contributed by atoms with van der Waals surface area (Å²) in [6.07, 6.45) is -3.69. The Morgan fingerprint density at radius 1 is 1.17 bits per heavy atom. The van der Waals surface area contributed by atoms with Gasteiger partial charge in [-0.3, -0.25) is 14.3 Å². The Balaban J connectivity index is 1.83. The second-order valence-corrected chi connectivity index (χ2v) is 11.1. The molecular weight excluding hydrogens is 569 g/mol. The number of halogens is 5. The maximum atomic E-state index is 15.0. The number of anilines is 1. The van der Waals surface area contributed by atoms with E-state index in [0.717, 1.165) is 17.8 Å². The standard InChI is InChI=1S/C27H26F5N5O3S/c1-5-20(38)37-13(2)9-35(10-14(37)3)25-17-7-18(27(30,31)32)21(22-19(29)6-15(28)8-33-22)24-23(17)36(26(39)34-25)11-16(40-4)12-41-24/h5-8,13-14,16H,1,9-12H2,2-4H3/t13-,14+,16-/m0/s1. The van der Waals surface area contributed by atoms with Crippen molar-refractivity contribution in [3.8, 4) is 11.3 Å². The molecule has 2 aliphatic rings. The minimum atomic E-state index is -4.97. The van der Waals surface area contributed by atoms with E-state index < -0.39 is 46.4 Å². The summed E-state index contributed by atoms with van der Waals surface area (Å²) >= 11 is 0.976. The van der Waals surface area contributed by atoms with Gasteiger partial charge in [-0.1, -0.05) is 6.58 Å². The van der Waals surface area contributed by atoms with E-state index in [4.69, 9.17) is 4.74 Å². The third kappa shape index (κ3) is 5.07. The molecule has 2 aromatic heterocycles. The van der Waals surface area contributed by atoms with Crippen LogP contribution in [0.25, 0.3) is 22.2 Å². The first-order valence-electron chi connectivity index (χ1n) is 12.7. The fraction of sp³-hybridized carbons (Fsp3) is 0.407. The minimum Gasteiger partial charge on any atom is -0.379 e. The second-order valence-electron chi connectivity index (χ2n) is 10.1. The maximum absolute atomic E-state index is 15.0. The third-order valence-corrected chi connectivity index (χ3v) is 8.55. The van der Waals surface area contributed by atoms with Crippen molar-refractivity contribution in [2.24, 2.45) is 0 Å². The Hall–Kier alpha value is -3.52. The van der Waals surface area contributed by atoms with Gasteiger partial charge in [0.05, 0.1) is 29.9 Å². The van der Waals surface area contributed by atoms with Crippen LogP contribution >= 0.6 is 11.8 Å². The van der Waals surface area contributed by atoms with E-state index in [2.05, 4.69) is 16.5 Å². The number of methoxy groups -OCH3 is 1. The molecule has 0 unspecified atom stereocenters. The maximum Gasteiger partial charge on any atom is 0.417 e. The van der Waals surface area contributed by atoms with Gasteiger partial charge in [0.15, 0.2) is 5.82 Å². The molecule has 5 rings (SSSR count). The topological polar surface area (TPSA) is 80.6 Å². The summed E-state index contributed by atoms with van der Waals surface area (Å²) in [5.74, 6) is -2.43. The Morgan fingerprint density at radius 3 is 2.44 bits per heavy atom. The summed E-state index contributed by atoms with van der Waals surface area (Å²) in [5, 5.41) is 0.0327. The monoisotopic (exact) mass is 595 g/mol. The van der Waals surface area contributed by atoms with Gasteiger partial charge in [-0.15, -0.1) is 11.8 Å². The number of hydrogen-bond donors (Lipinski definition) is 0. The van der Waals surface area contributed by atoms with Crippen LogP contribution in [0.1, 0.15) is 19.4 Å². The number of thioether (sulfide) groups is 1. The molecule has 0 aliphatic carbocycles. The van der Waals surface area contributed by atoms with Crippen LogP contribution in [0.2, 0.25) is 0 Å². The zero-order valence-electron chi connectivity index (χ0n) is 22.3. The molecule has 0 saturated carbocycles. The molecule has 3 aromatic rings. The number of nitrogens with zero attached hydrogens (tertiary/aromatic N) is 5. The minimum absolute atomic E-state index is 0.00232. The number of rotatable bonds is 4. The molecule has 218 valence electrons. The van der Waals surface area contributed by atoms with Gasteiger partial charge in [0.1, 0.15) is 17.3 Å². The van der Waals surface area contributed by atoms with Crippen molar-refractivity contribution < 1.29 is 31.5 Å². The zero-order chi connectivity index (χ0) is 29.8. The van der Waals surface area contributed by atoms with Crippen molar-refractivity contribution in [1.29, 1.82) is 0 Å². The highest BCUT2D eigenvalue weighted by molar-refractivity contribution is 7.99. The fourth-order valence-corrected chi connectivity index (χ4v) is 6.91. The summed E-state index contributed by atoms with van der Waals surface area (Å²) in [6.45, 7) is 7.49. The van der Waals surface area contributed by atoms with E-state index in [1.54, 1.807) is 23.6 Å². The molecular formula is C27H26F5N5O3S. The van der Waals surface area contributed by atoms with Crippen LogP contribution in [0.3, 0.4) is 0 Å². The molecule has 0 spiro atoms. The smallest absolute Gasteiger partial charge is 0.379 e. The van der Waals surface area contributed by atoms with Gasteiger partial charge in [0.25, 0.3) is 0 Å². The lowest BCUT2D eigenvalue weighted by molar-refractivity contribution is -0.137. The summed E-state index contributed by atoms with van der Waals surface area (Å²) in [7, 11) is 1.42. The molecule has 4 heterocycles. The number of carbonyl (C=O) groups is 1. The predicted octanol–water partition coefficient (Wildman–Crippen LogP) is 4.49. The summed E-state index contributed by atoms with van der Waals surface area (Å²) in [5.41, 5.74) is -3.06. The van der Waals surface area contributed by atoms with Crippen LogP contribution in [0.5, 0.6) is 0 Å². The molecule has 1 amide bonds. The number of aromatic nitrogens is 3. The summed E-state index contributed by atoms with van der Waals surface area (Å²) < 4.78 is 79.5. The lowest BCUT2D eigenvalue weighted by Crippen LogP contribution is -2.58. The number of ether oxygens (including phenoxy) is 1. The molecule has 1 aromatic carbocycles. The normalized spacial score (nSPS) is 21.2. The first-order valence-corrected chi connectivity index (χ1v) is 13.7. The van der Waals surface area contributed by atoms with Crippen molar-refractivity contribution in [3.05, 3.63) is 58.7 Å². The zero-order valence-corrected chi connectivity index (χ0v) is 23.2. The largest absolute Gasteiger partial charge is 0.417 e. The molecule has 0 bridgehead atoms. The molecule has 8 nitrogen and oxygen atoms in total. The van der Waals surface area contributed by atoms with Gasteiger partial charge in [-0.05, 0) is 26.0 Å². The van der Waals surface area contributed by atoms with Gasteiger partial charge < -0.3 is 14.5 Å². The van der Waals surface area contributed by atoms with Crippen LogP contribution in [-0.4, -0.2) is 69.5 Å². The number of alkyl halides is 3. The van der Waals surface area contributed by atoms with Crippen LogP contribution in [0.15, 0.2) is 40.7 Å². The molecule has 14 heteroatoms. The Labute approximate surface area is 235 Å². The quantitative estimate of drug-likeness (QED) is 0.325. The number of hydrogen-bond acceptors (Lipinski definition) is 7. The van der Waals surface area contributed by atoms with Gasteiger partial charge in [-0.2, -0.15) is 18.2 Å². The molecule has 1 fully saturated rings. The van der Waals surface area contributed by atoms with E-state index in [0.29, 0.717) is 12.3 Å². The highest BCUT2D eigenvalue weighted by Crippen LogP contribution is 2.48. The average molecular weight is 596 g/mol. The molecule has 41 heavy (non-hydrogen) atoms. The third-order valence-electron chi connectivity index (χ3n) is 7.33. The van der Waals surface area contributed by atoms with E-state index in [1.807, 2.05) is 0 Å². The lowest BCUT2D eigenvalue weighted by Gasteiger charge is -2.44. The predicted molar refractivity (Wildman–Crippen MR) is 144 cm³/mol. The van der Waals surface area contributed by atoms with Gasteiger partial charge >= 0.3 is 11.9 Å². The van der Waals surface area contributed by atoms with Crippen molar-refractivity contribution in [1.82, 2.24) is 19.4 Å². The molecule has 1 saturated heterocycles. The van der Waals surface area contributed by atoms with Gasteiger partial charge in [-0.25, -0.2) is 13.6 Å². The van der Waals surface area contributed by atoms with Gasteiger partial charge in [0, 0.05) is 59.9 Å². The van der Waals surface area contributed by atoms with Gasteiger partial charge in [0.2, 0.25) is 5.91 Å². The highest BCUT2D eigenvalue weighted by Gasteiger charge is 2.40. The van der Waals surface area contributed by atoms with E-state index in [1.165, 1.54) is 17.8 Å². The molecule has 2 aliphatic heterocycles. The number of carbonyl (C=O) groups excluding carboxylic acids is 1. The fourth-order valence-electron chi connectivity index (χ4n) is 5.61. The van der Waals surface area contributed by atoms with Crippen molar-refractivity contribution in [2.45, 2.75) is 49.7 Å². The van der Waals surface area contributed by atoms with E-state index >= 15 is 4.39 Å². The number of amides is 1. The Morgan fingerprint density at radius 2 is 1.85 bits per heavy atom. The summed E-state index contributed by atoms with van der Waals surface area (Å²) in [4.78, 5) is 37.1. The molecule has 0 radical (unpaired) electrons. The second kappa shape index (κ2) is 10.7. The van der Waals surface area contributed by atoms with Crippen LogP contribution < -0.4 is 10.6 Å². The molecule has 0 N–H and O–H groups in total. The first kappa shape index (κ1) is 29.0. The molecule has 3 atom stereocenters. The van der Waals surface area contributed by atoms with Crippen LogP contribution in [0, 0.1) is 11.6 Å². The highest BCUT2D eigenvalue weighted by atomic mass is 32.2. The first-order chi connectivity index (χ1) is 19.3. The van der Waals surface area contributed by atoms with Crippen molar-refractivity contribution >= 4 is 34.4 Å². The Bertz CT molecular complexity index is 1600. The van der Waals surface area contributed by atoms with Crippen molar-refractivity contribution in [3.63, 3.8) is 0 Å². The number of pyridine rings is 1.